The first kappa shape index (κ1) is 13.4. The third-order valence-corrected chi connectivity index (χ3v) is 5.18. The third kappa shape index (κ3) is 3.11. The first-order valence-electron chi connectivity index (χ1n) is 7.86. The quantitative estimate of drug-likeness (QED) is 0.724. The summed E-state index contributed by atoms with van der Waals surface area (Å²) in [6.07, 6.45) is 7.97. The van der Waals surface area contributed by atoms with Crippen molar-refractivity contribution < 1.29 is 9.53 Å². The Morgan fingerprint density at radius 3 is 2.42 bits per heavy atom. The number of carbonyl (C=O) groups is 1. The number of esters is 1. The molecule has 108 valence electrons. The van der Waals surface area contributed by atoms with E-state index in [-0.39, 0.29) is 12.1 Å². The number of likely N-dealkylation sites (tertiary alicyclic amines) is 1. The van der Waals surface area contributed by atoms with Crippen LogP contribution in [0.3, 0.4) is 0 Å². The zero-order valence-corrected chi connectivity index (χ0v) is 12.0. The van der Waals surface area contributed by atoms with Crippen molar-refractivity contribution in [2.24, 2.45) is 0 Å². The lowest BCUT2D eigenvalue weighted by Gasteiger charge is -2.35. The molecule has 0 saturated carbocycles. The molecule has 3 fully saturated rings. The molecule has 4 heteroatoms. The average molecular weight is 266 g/mol. The Kier molecular flexibility index (Phi) is 4.08. The zero-order valence-electron chi connectivity index (χ0n) is 12.0. The van der Waals surface area contributed by atoms with Crippen LogP contribution in [0.1, 0.15) is 44.9 Å². The highest BCUT2D eigenvalue weighted by atomic mass is 16.5. The van der Waals surface area contributed by atoms with Crippen molar-refractivity contribution in [2.75, 3.05) is 26.7 Å². The minimum atomic E-state index is 0.0147. The van der Waals surface area contributed by atoms with Gasteiger partial charge in [0.1, 0.15) is 6.10 Å². The number of hydrogen-bond acceptors (Lipinski definition) is 4. The minimum Gasteiger partial charge on any atom is -0.462 e. The third-order valence-electron chi connectivity index (χ3n) is 5.18. The highest BCUT2D eigenvalue weighted by Gasteiger charge is 2.39. The van der Waals surface area contributed by atoms with E-state index in [1.165, 1.54) is 25.7 Å². The van der Waals surface area contributed by atoms with Gasteiger partial charge in [-0.25, -0.2) is 0 Å². The molecular weight excluding hydrogens is 240 g/mol. The SMILES string of the molecule is CN1[C@@H]2CC[C@@H]1CC(OC(=O)CCN1CCCC1)C2. The molecule has 3 rings (SSSR count). The van der Waals surface area contributed by atoms with Gasteiger partial charge in [-0.15, -0.1) is 0 Å². The number of carbonyl (C=O) groups excluding carboxylic acids is 1. The minimum absolute atomic E-state index is 0.0147. The highest BCUT2D eigenvalue weighted by molar-refractivity contribution is 5.69. The maximum atomic E-state index is 11.9. The highest BCUT2D eigenvalue weighted by Crippen LogP contribution is 2.35. The molecule has 2 bridgehead atoms. The molecule has 3 aliphatic heterocycles. The molecule has 0 radical (unpaired) electrons. The number of hydrogen-bond donors (Lipinski definition) is 0. The Morgan fingerprint density at radius 1 is 1.16 bits per heavy atom. The smallest absolute Gasteiger partial charge is 0.307 e. The molecule has 0 aromatic carbocycles. The van der Waals surface area contributed by atoms with E-state index in [9.17, 15) is 4.79 Å². The van der Waals surface area contributed by atoms with Gasteiger partial charge in [-0.3, -0.25) is 4.79 Å². The maximum absolute atomic E-state index is 11.9. The lowest BCUT2D eigenvalue weighted by Crippen LogP contribution is -2.43. The van der Waals surface area contributed by atoms with Crippen LogP contribution in [0.2, 0.25) is 0 Å². The van der Waals surface area contributed by atoms with Crippen molar-refractivity contribution in [3.05, 3.63) is 0 Å². The summed E-state index contributed by atoms with van der Waals surface area (Å²) < 4.78 is 5.69. The molecule has 3 saturated heterocycles. The average Bonchev–Trinajstić information content (AvgIpc) is 2.95. The number of fused-ring (bicyclic) bond motifs is 2. The van der Waals surface area contributed by atoms with Crippen molar-refractivity contribution in [3.8, 4) is 0 Å². The van der Waals surface area contributed by atoms with Crippen molar-refractivity contribution >= 4 is 5.97 Å². The standard InChI is InChI=1S/C15H26N2O2/c1-16-12-4-5-13(16)11-14(10-12)19-15(18)6-9-17-7-2-3-8-17/h12-14H,2-11H2,1H3/t12-,13-/m1/s1. The molecule has 0 aromatic rings. The van der Waals surface area contributed by atoms with E-state index in [0.717, 1.165) is 32.5 Å². The summed E-state index contributed by atoms with van der Waals surface area (Å²) in [5, 5.41) is 0. The molecule has 0 unspecified atom stereocenters. The molecule has 2 atom stereocenters. The second kappa shape index (κ2) is 5.80. The maximum Gasteiger partial charge on any atom is 0.307 e. The van der Waals surface area contributed by atoms with Crippen LogP contribution in [0.15, 0.2) is 0 Å². The van der Waals surface area contributed by atoms with Crippen molar-refractivity contribution in [1.82, 2.24) is 9.80 Å². The van der Waals surface area contributed by atoms with Gasteiger partial charge in [0.25, 0.3) is 0 Å². The Bertz CT molecular complexity index is 314. The van der Waals surface area contributed by atoms with E-state index in [1.807, 2.05) is 0 Å². The molecule has 4 nitrogen and oxygen atoms in total. The number of piperidine rings is 1. The van der Waals surface area contributed by atoms with Gasteiger partial charge in [0.05, 0.1) is 6.42 Å². The largest absolute Gasteiger partial charge is 0.462 e. The molecule has 0 spiro atoms. The summed E-state index contributed by atoms with van der Waals surface area (Å²) in [4.78, 5) is 16.8. The van der Waals surface area contributed by atoms with Crippen LogP contribution in [-0.4, -0.2) is 60.6 Å². The predicted octanol–water partition coefficient (Wildman–Crippen LogP) is 1.64. The van der Waals surface area contributed by atoms with Gasteiger partial charge in [-0.05, 0) is 58.7 Å². The summed E-state index contributed by atoms with van der Waals surface area (Å²) in [5.74, 6) is 0.0147. The fourth-order valence-corrected chi connectivity index (χ4v) is 3.96. The Hall–Kier alpha value is -0.610. The molecule has 0 N–H and O–H groups in total. The number of ether oxygens (including phenoxy) is 1. The summed E-state index contributed by atoms with van der Waals surface area (Å²) >= 11 is 0. The van der Waals surface area contributed by atoms with E-state index in [1.54, 1.807) is 0 Å². The summed E-state index contributed by atoms with van der Waals surface area (Å²) in [6.45, 7) is 3.20. The first-order valence-corrected chi connectivity index (χ1v) is 7.86. The number of nitrogens with zero attached hydrogens (tertiary/aromatic N) is 2. The normalized spacial score (nSPS) is 35.7. The lowest BCUT2D eigenvalue weighted by atomic mass is 10.0. The molecular formula is C15H26N2O2. The van der Waals surface area contributed by atoms with Crippen LogP contribution < -0.4 is 0 Å². The fourth-order valence-electron chi connectivity index (χ4n) is 3.96. The van der Waals surface area contributed by atoms with Gasteiger partial charge in [0.2, 0.25) is 0 Å². The Morgan fingerprint density at radius 2 is 1.79 bits per heavy atom. The van der Waals surface area contributed by atoms with Crippen LogP contribution >= 0.6 is 0 Å². The predicted molar refractivity (Wildman–Crippen MR) is 74.0 cm³/mol. The van der Waals surface area contributed by atoms with Gasteiger partial charge in [0, 0.05) is 18.6 Å². The van der Waals surface area contributed by atoms with Crippen LogP contribution in [-0.2, 0) is 9.53 Å². The van der Waals surface area contributed by atoms with E-state index < -0.39 is 0 Å². The first-order chi connectivity index (χ1) is 9.22. The molecule has 19 heavy (non-hydrogen) atoms. The van der Waals surface area contributed by atoms with Gasteiger partial charge in [-0.2, -0.15) is 0 Å². The summed E-state index contributed by atoms with van der Waals surface area (Å²) in [5.41, 5.74) is 0. The van der Waals surface area contributed by atoms with Crippen molar-refractivity contribution in [2.45, 2.75) is 63.1 Å². The van der Waals surface area contributed by atoms with Crippen LogP contribution in [0.5, 0.6) is 0 Å². The molecule has 0 aromatic heterocycles. The van der Waals surface area contributed by atoms with Gasteiger partial charge >= 0.3 is 5.97 Å². The van der Waals surface area contributed by atoms with E-state index >= 15 is 0 Å². The van der Waals surface area contributed by atoms with Crippen molar-refractivity contribution in [1.29, 1.82) is 0 Å². The van der Waals surface area contributed by atoms with Crippen LogP contribution in [0.4, 0.5) is 0 Å². The van der Waals surface area contributed by atoms with Gasteiger partial charge in [-0.1, -0.05) is 0 Å². The monoisotopic (exact) mass is 266 g/mol. The second-order valence-electron chi connectivity index (χ2n) is 6.43. The van der Waals surface area contributed by atoms with Gasteiger partial charge in [0.15, 0.2) is 0 Å². The van der Waals surface area contributed by atoms with E-state index in [2.05, 4.69) is 16.8 Å². The summed E-state index contributed by atoms with van der Waals surface area (Å²) in [6, 6.07) is 1.30. The van der Waals surface area contributed by atoms with Crippen molar-refractivity contribution in [3.63, 3.8) is 0 Å². The molecule has 0 aliphatic carbocycles. The zero-order chi connectivity index (χ0) is 13.2. The lowest BCUT2D eigenvalue weighted by molar-refractivity contribution is -0.152. The molecule has 0 amide bonds. The number of rotatable bonds is 4. The van der Waals surface area contributed by atoms with Crippen LogP contribution in [0.25, 0.3) is 0 Å². The van der Waals surface area contributed by atoms with Crippen LogP contribution in [0, 0.1) is 0 Å². The topological polar surface area (TPSA) is 32.8 Å². The molecule has 3 aliphatic rings. The second-order valence-corrected chi connectivity index (χ2v) is 6.43. The molecule has 3 heterocycles. The summed E-state index contributed by atoms with van der Waals surface area (Å²) in [7, 11) is 2.22. The van der Waals surface area contributed by atoms with E-state index in [4.69, 9.17) is 4.74 Å². The fraction of sp³-hybridized carbons (Fsp3) is 0.933. The Balaban J connectivity index is 1.40. The van der Waals surface area contributed by atoms with E-state index in [0.29, 0.717) is 18.5 Å². The Labute approximate surface area is 116 Å². The van der Waals surface area contributed by atoms with Gasteiger partial charge < -0.3 is 14.5 Å².